The molecule has 1 heterocycles. The van der Waals surface area contributed by atoms with E-state index in [1.165, 1.54) is 13.2 Å². The molecule has 9 nitrogen and oxygen atoms in total. The minimum Gasteiger partial charge on any atom is -0.507 e. The Morgan fingerprint density at radius 3 is 2.47 bits per heavy atom. The quantitative estimate of drug-likeness (QED) is 0.402. The van der Waals surface area contributed by atoms with Crippen LogP contribution in [0.15, 0.2) is 18.2 Å². The topological polar surface area (TPSA) is 149 Å². The molecule has 190 valence electrons. The Morgan fingerprint density at radius 1 is 1.08 bits per heavy atom. The smallest absolute Gasteiger partial charge is 0.202 e. The molecule has 0 radical (unpaired) electrons. The Hall–Kier alpha value is -2.98. The Kier molecular flexibility index (Phi) is 5.21. The minimum atomic E-state index is -0.818. The van der Waals surface area contributed by atoms with Crippen molar-refractivity contribution in [2.45, 2.75) is 69.7 Å². The van der Waals surface area contributed by atoms with E-state index in [-0.39, 0.29) is 51.3 Å². The van der Waals surface area contributed by atoms with Crippen molar-refractivity contribution in [2.75, 3.05) is 7.11 Å². The summed E-state index contributed by atoms with van der Waals surface area (Å²) in [6.45, 7) is 1.71. The lowest BCUT2D eigenvalue weighted by Crippen LogP contribution is -2.52. The van der Waals surface area contributed by atoms with Crippen LogP contribution >= 0.6 is 0 Å². The molecule has 36 heavy (non-hydrogen) atoms. The molecule has 9 heteroatoms. The maximum atomic E-state index is 13.6. The van der Waals surface area contributed by atoms with Gasteiger partial charge in [0.1, 0.15) is 17.2 Å². The number of fused-ring (bicyclic) bond motifs is 3. The Bertz CT molecular complexity index is 1290. The number of benzene rings is 2. The first-order chi connectivity index (χ1) is 17.2. The third-order valence-corrected chi connectivity index (χ3v) is 8.28. The molecule has 1 saturated heterocycles. The Morgan fingerprint density at radius 2 is 1.81 bits per heavy atom. The molecule has 1 aliphatic heterocycles. The number of nitrogens with two attached hydrogens (primary N) is 1. The van der Waals surface area contributed by atoms with Crippen molar-refractivity contribution in [3.05, 3.63) is 51.6 Å². The molecule has 5 N–H and O–H groups in total. The van der Waals surface area contributed by atoms with Crippen LogP contribution in [0, 0.1) is 5.41 Å². The first-order valence-electron chi connectivity index (χ1n) is 12.3. The van der Waals surface area contributed by atoms with Crippen molar-refractivity contribution >= 4 is 11.6 Å². The Balaban J connectivity index is 1.48. The van der Waals surface area contributed by atoms with Crippen LogP contribution in [0.2, 0.25) is 0 Å². The summed E-state index contributed by atoms with van der Waals surface area (Å²) in [5.74, 6) is -1.55. The van der Waals surface area contributed by atoms with E-state index in [0.717, 1.165) is 12.8 Å². The molecule has 3 aliphatic carbocycles. The van der Waals surface area contributed by atoms with Gasteiger partial charge in [0.05, 0.1) is 42.1 Å². The number of aliphatic hydroxyl groups excluding tert-OH is 1. The lowest BCUT2D eigenvalue weighted by atomic mass is 9.73. The molecule has 2 aromatic rings. The number of hydrogen-bond donors (Lipinski definition) is 4. The molecule has 0 bridgehead atoms. The normalized spacial score (nSPS) is 29.9. The third-order valence-electron chi connectivity index (χ3n) is 8.28. The minimum absolute atomic E-state index is 0.0588. The number of phenolic OH excluding ortho intramolecular Hbond substituents is 2. The number of carbonyl (C=O) groups is 2. The van der Waals surface area contributed by atoms with Crippen molar-refractivity contribution in [3.63, 3.8) is 0 Å². The lowest BCUT2D eigenvalue weighted by Gasteiger charge is -2.40. The average molecular weight is 496 g/mol. The Labute approximate surface area is 207 Å². The highest BCUT2D eigenvalue weighted by Gasteiger charge is 2.52. The number of carbonyl (C=O) groups excluding carboxylic acids is 2. The molecule has 6 rings (SSSR count). The molecule has 2 aromatic carbocycles. The molecule has 0 aromatic heterocycles. The second-order valence-corrected chi connectivity index (χ2v) is 10.5. The lowest BCUT2D eigenvalue weighted by molar-refractivity contribution is -0.244. The van der Waals surface area contributed by atoms with Crippen LogP contribution in [0.5, 0.6) is 17.2 Å². The number of ether oxygens (including phenoxy) is 3. The zero-order valence-corrected chi connectivity index (χ0v) is 20.1. The second kappa shape index (κ2) is 8.01. The van der Waals surface area contributed by atoms with E-state index in [4.69, 9.17) is 19.9 Å². The van der Waals surface area contributed by atoms with Crippen molar-refractivity contribution in [3.8, 4) is 17.2 Å². The highest BCUT2D eigenvalue weighted by molar-refractivity contribution is 6.31. The maximum Gasteiger partial charge on any atom is 0.202 e. The molecule has 1 spiro atoms. The summed E-state index contributed by atoms with van der Waals surface area (Å²) in [5, 5.41) is 33.1. The van der Waals surface area contributed by atoms with Gasteiger partial charge in [0.2, 0.25) is 5.78 Å². The molecular weight excluding hydrogens is 466 g/mol. The van der Waals surface area contributed by atoms with Gasteiger partial charge in [0, 0.05) is 29.2 Å². The number of aromatic hydroxyl groups is 2. The number of ketones is 2. The fourth-order valence-corrected chi connectivity index (χ4v) is 6.12. The number of methoxy groups -OCH3 is 1. The van der Waals surface area contributed by atoms with Crippen LogP contribution in [0.1, 0.15) is 81.7 Å². The average Bonchev–Trinajstić information content (AvgIpc) is 3.60. The van der Waals surface area contributed by atoms with Gasteiger partial charge in [0.15, 0.2) is 12.1 Å². The van der Waals surface area contributed by atoms with Crippen LogP contribution in [-0.2, 0) is 15.9 Å². The first-order valence-corrected chi connectivity index (χ1v) is 12.3. The van der Waals surface area contributed by atoms with Crippen molar-refractivity contribution in [2.24, 2.45) is 11.1 Å². The van der Waals surface area contributed by atoms with Gasteiger partial charge in [-0.15, -0.1) is 0 Å². The summed E-state index contributed by atoms with van der Waals surface area (Å²) in [4.78, 5) is 27.1. The van der Waals surface area contributed by atoms with Crippen molar-refractivity contribution < 1.29 is 39.1 Å². The highest BCUT2D eigenvalue weighted by Crippen LogP contribution is 2.62. The second-order valence-electron chi connectivity index (χ2n) is 10.5. The van der Waals surface area contributed by atoms with E-state index < -0.39 is 42.2 Å². The monoisotopic (exact) mass is 495 g/mol. The highest BCUT2D eigenvalue weighted by atomic mass is 16.7. The summed E-state index contributed by atoms with van der Waals surface area (Å²) in [7, 11) is 1.40. The van der Waals surface area contributed by atoms with Crippen LogP contribution in [-0.4, -0.2) is 58.5 Å². The van der Waals surface area contributed by atoms with Crippen molar-refractivity contribution in [1.82, 2.24) is 0 Å². The summed E-state index contributed by atoms with van der Waals surface area (Å²) in [6.07, 6.45) is 0.375. The summed E-state index contributed by atoms with van der Waals surface area (Å²) in [5.41, 5.74) is 6.48. The molecule has 5 unspecified atom stereocenters. The number of phenols is 2. The van der Waals surface area contributed by atoms with Crippen LogP contribution in [0.4, 0.5) is 0 Å². The predicted octanol–water partition coefficient (Wildman–Crippen LogP) is 2.49. The van der Waals surface area contributed by atoms with Gasteiger partial charge in [0.25, 0.3) is 0 Å². The van der Waals surface area contributed by atoms with Gasteiger partial charge in [-0.3, -0.25) is 9.59 Å². The number of hydrogen-bond acceptors (Lipinski definition) is 9. The molecule has 0 amide bonds. The van der Waals surface area contributed by atoms with Gasteiger partial charge in [-0.05, 0) is 44.1 Å². The molecule has 4 aliphatic rings. The standard InChI is InChI=1S/C27H29NO8/c1-11-22(29)14(28)8-17(35-11)36-16-10-27(6-7-27)9-13-19(16)26(33)21-20(24(13)31)23(30)12-4-3-5-15(34-2)18(12)25(21)32/h3-5,11,14,16-17,22,29,31,33H,6-10,28H2,1-2H3. The molecule has 1 saturated carbocycles. The van der Waals surface area contributed by atoms with Crippen LogP contribution in [0.25, 0.3) is 0 Å². The van der Waals surface area contributed by atoms with Crippen LogP contribution in [0.3, 0.4) is 0 Å². The van der Waals surface area contributed by atoms with Gasteiger partial charge in [-0.2, -0.15) is 0 Å². The number of aliphatic hydroxyl groups is 1. The fraction of sp³-hybridized carbons (Fsp3) is 0.481. The SMILES string of the molecule is COc1cccc2c1C(=O)c1c(O)c3c(c(O)c1C2=O)CC1(CC1)CC3OC1CC(N)C(O)C(C)O1. The van der Waals surface area contributed by atoms with E-state index in [1.807, 2.05) is 0 Å². The van der Waals surface area contributed by atoms with E-state index in [2.05, 4.69) is 0 Å². The zero-order chi connectivity index (χ0) is 25.5. The van der Waals surface area contributed by atoms with E-state index >= 15 is 0 Å². The summed E-state index contributed by atoms with van der Waals surface area (Å²) in [6, 6.07) is 4.17. The fourth-order valence-electron chi connectivity index (χ4n) is 6.12. The first kappa shape index (κ1) is 23.4. The number of rotatable bonds is 3. The van der Waals surface area contributed by atoms with Gasteiger partial charge < -0.3 is 35.3 Å². The van der Waals surface area contributed by atoms with E-state index in [1.54, 1.807) is 19.1 Å². The molecule has 2 fully saturated rings. The maximum absolute atomic E-state index is 13.6. The summed E-state index contributed by atoms with van der Waals surface area (Å²) >= 11 is 0. The van der Waals surface area contributed by atoms with Crippen LogP contribution < -0.4 is 10.5 Å². The van der Waals surface area contributed by atoms with Crippen molar-refractivity contribution in [1.29, 1.82) is 0 Å². The van der Waals surface area contributed by atoms with E-state index in [0.29, 0.717) is 24.0 Å². The summed E-state index contributed by atoms with van der Waals surface area (Å²) < 4.78 is 17.5. The molecular formula is C27H29NO8. The molecule has 5 atom stereocenters. The van der Waals surface area contributed by atoms with Gasteiger partial charge >= 0.3 is 0 Å². The largest absolute Gasteiger partial charge is 0.507 e. The third kappa shape index (κ3) is 3.30. The van der Waals surface area contributed by atoms with Gasteiger partial charge in [-0.25, -0.2) is 0 Å². The predicted molar refractivity (Wildman–Crippen MR) is 126 cm³/mol. The van der Waals surface area contributed by atoms with Gasteiger partial charge in [-0.1, -0.05) is 12.1 Å². The van der Waals surface area contributed by atoms with E-state index in [9.17, 15) is 24.9 Å². The zero-order valence-electron chi connectivity index (χ0n) is 20.1.